The van der Waals surface area contributed by atoms with Crippen molar-refractivity contribution < 1.29 is 4.79 Å². The molecule has 3 aromatic rings. The van der Waals surface area contributed by atoms with E-state index in [-0.39, 0.29) is 18.5 Å². The lowest BCUT2D eigenvalue weighted by molar-refractivity contribution is -0.122. The number of carbonyl (C=O) groups is 1. The molecule has 0 aromatic carbocycles. The Kier molecular flexibility index (Phi) is 5.48. The summed E-state index contributed by atoms with van der Waals surface area (Å²) in [7, 11) is 0. The van der Waals surface area contributed by atoms with E-state index in [1.807, 2.05) is 30.7 Å². The number of aryl methyl sites for hydroxylation is 2. The minimum atomic E-state index is -0.608. The summed E-state index contributed by atoms with van der Waals surface area (Å²) in [4.78, 5) is 43.2. The van der Waals surface area contributed by atoms with Crippen molar-refractivity contribution in [3.8, 4) is 0 Å². The summed E-state index contributed by atoms with van der Waals surface area (Å²) in [6, 6.07) is 2.96. The molecule has 0 aliphatic carbocycles. The molecule has 0 saturated heterocycles. The number of hydrogen-bond donors (Lipinski definition) is 2. The van der Waals surface area contributed by atoms with Gasteiger partial charge in [-0.2, -0.15) is 11.3 Å². The molecule has 136 valence electrons. The highest BCUT2D eigenvalue weighted by Crippen LogP contribution is 2.26. The highest BCUT2D eigenvalue weighted by atomic mass is 32.1. The number of thiophene rings is 1. The van der Waals surface area contributed by atoms with Crippen LogP contribution in [0.5, 0.6) is 0 Å². The second kappa shape index (κ2) is 7.79. The molecule has 2 N–H and O–H groups in total. The van der Waals surface area contributed by atoms with E-state index >= 15 is 0 Å². The van der Waals surface area contributed by atoms with Crippen molar-refractivity contribution in [3.05, 3.63) is 71.1 Å². The molecular formula is C17H18N4O3S2. The number of carbonyl (C=O) groups excluding carboxylic acids is 1. The van der Waals surface area contributed by atoms with Gasteiger partial charge in [-0.25, -0.2) is 9.78 Å². The van der Waals surface area contributed by atoms with Crippen LogP contribution in [0.3, 0.4) is 0 Å². The number of hydrogen-bond acceptors (Lipinski definition) is 6. The van der Waals surface area contributed by atoms with E-state index < -0.39 is 11.2 Å². The van der Waals surface area contributed by atoms with Crippen LogP contribution in [0.4, 0.5) is 0 Å². The molecule has 0 saturated carbocycles. The van der Waals surface area contributed by atoms with Crippen molar-refractivity contribution in [2.24, 2.45) is 0 Å². The minimum Gasteiger partial charge on any atom is -0.345 e. The second-order valence-electron chi connectivity index (χ2n) is 5.89. The van der Waals surface area contributed by atoms with Crippen molar-refractivity contribution >= 4 is 28.6 Å². The van der Waals surface area contributed by atoms with Crippen LogP contribution < -0.4 is 16.6 Å². The van der Waals surface area contributed by atoms with Crippen LogP contribution in [0.1, 0.15) is 27.2 Å². The van der Waals surface area contributed by atoms with Gasteiger partial charge in [0.1, 0.15) is 11.6 Å². The van der Waals surface area contributed by atoms with Crippen LogP contribution in [-0.4, -0.2) is 20.4 Å². The lowest BCUT2D eigenvalue weighted by atomic mass is 10.1. The average Bonchev–Trinajstić information content (AvgIpc) is 3.20. The summed E-state index contributed by atoms with van der Waals surface area (Å²) >= 11 is 3.16. The fourth-order valence-corrected chi connectivity index (χ4v) is 4.11. The SMILES string of the molecule is Cc1nc(C(Cc2ccsc2)NC(=O)Cn2ccc(=O)[nH]c2=O)sc1C. The molecule has 9 heteroatoms. The smallest absolute Gasteiger partial charge is 0.328 e. The average molecular weight is 390 g/mol. The Morgan fingerprint density at radius 3 is 2.77 bits per heavy atom. The van der Waals surface area contributed by atoms with Crippen LogP contribution in [0.15, 0.2) is 38.7 Å². The molecule has 1 unspecified atom stereocenters. The maximum Gasteiger partial charge on any atom is 0.328 e. The number of rotatable bonds is 6. The lowest BCUT2D eigenvalue weighted by Gasteiger charge is -2.16. The third kappa shape index (κ3) is 4.36. The van der Waals surface area contributed by atoms with Gasteiger partial charge in [0.2, 0.25) is 5.91 Å². The predicted octanol–water partition coefficient (Wildman–Crippen LogP) is 1.77. The summed E-state index contributed by atoms with van der Waals surface area (Å²) in [6.45, 7) is 3.78. The first-order valence-corrected chi connectivity index (χ1v) is 9.72. The van der Waals surface area contributed by atoms with Crippen molar-refractivity contribution in [3.63, 3.8) is 0 Å². The molecule has 0 spiro atoms. The third-order valence-corrected chi connectivity index (χ3v) is 5.83. The maximum atomic E-state index is 12.5. The molecule has 0 fully saturated rings. The molecule has 3 heterocycles. The van der Waals surface area contributed by atoms with Crippen LogP contribution in [-0.2, 0) is 17.8 Å². The molecule has 7 nitrogen and oxygen atoms in total. The number of nitrogens with zero attached hydrogens (tertiary/aromatic N) is 2. The second-order valence-corrected chi connectivity index (χ2v) is 7.90. The monoisotopic (exact) mass is 390 g/mol. The number of H-pyrrole nitrogens is 1. The number of aromatic amines is 1. The van der Waals surface area contributed by atoms with Gasteiger partial charge in [0, 0.05) is 23.6 Å². The molecule has 0 aliphatic rings. The number of nitrogens with one attached hydrogen (secondary N) is 2. The Morgan fingerprint density at radius 1 is 1.35 bits per heavy atom. The van der Waals surface area contributed by atoms with Crippen molar-refractivity contribution in [2.45, 2.75) is 32.9 Å². The van der Waals surface area contributed by atoms with Crippen LogP contribution >= 0.6 is 22.7 Å². The molecule has 1 amide bonds. The van der Waals surface area contributed by atoms with E-state index in [4.69, 9.17) is 0 Å². The molecule has 0 bridgehead atoms. The first-order chi connectivity index (χ1) is 12.4. The molecule has 0 radical (unpaired) electrons. The van der Waals surface area contributed by atoms with Gasteiger partial charge in [-0.05, 0) is 36.2 Å². The van der Waals surface area contributed by atoms with Crippen LogP contribution in [0.2, 0.25) is 0 Å². The van der Waals surface area contributed by atoms with E-state index in [0.29, 0.717) is 6.42 Å². The number of amides is 1. The van der Waals surface area contributed by atoms with Gasteiger partial charge in [0.05, 0.1) is 11.7 Å². The Balaban J connectivity index is 1.79. The first-order valence-electron chi connectivity index (χ1n) is 7.96. The normalized spacial score (nSPS) is 12.1. The Bertz CT molecular complexity index is 998. The molecule has 26 heavy (non-hydrogen) atoms. The van der Waals surface area contributed by atoms with Crippen LogP contribution in [0, 0.1) is 13.8 Å². The van der Waals surface area contributed by atoms with E-state index in [0.717, 1.165) is 25.7 Å². The molecule has 0 aliphatic heterocycles. The standard InChI is InChI=1S/C17H18N4O3S2/c1-10-11(2)26-16(18-10)13(7-12-4-6-25-9-12)19-15(23)8-21-5-3-14(22)20-17(21)24/h3-6,9,13H,7-8H2,1-2H3,(H,19,23)(H,20,22,24). The highest BCUT2D eigenvalue weighted by molar-refractivity contribution is 7.11. The number of thiazole rings is 1. The summed E-state index contributed by atoms with van der Waals surface area (Å²) in [6.07, 6.45) is 1.94. The van der Waals surface area contributed by atoms with Gasteiger partial charge in [0.15, 0.2) is 0 Å². The van der Waals surface area contributed by atoms with Gasteiger partial charge in [-0.15, -0.1) is 11.3 Å². The predicted molar refractivity (Wildman–Crippen MR) is 102 cm³/mol. The zero-order valence-corrected chi connectivity index (χ0v) is 15.9. The minimum absolute atomic E-state index is 0.168. The summed E-state index contributed by atoms with van der Waals surface area (Å²) in [5, 5.41) is 7.84. The summed E-state index contributed by atoms with van der Waals surface area (Å²) < 4.78 is 1.16. The first kappa shape index (κ1) is 18.3. The van der Waals surface area contributed by atoms with Gasteiger partial charge in [-0.3, -0.25) is 19.1 Å². The Morgan fingerprint density at radius 2 is 2.15 bits per heavy atom. The highest BCUT2D eigenvalue weighted by Gasteiger charge is 2.20. The quantitative estimate of drug-likeness (QED) is 0.670. The molecular weight excluding hydrogens is 372 g/mol. The zero-order valence-electron chi connectivity index (χ0n) is 14.3. The lowest BCUT2D eigenvalue weighted by Crippen LogP contribution is -2.37. The fraction of sp³-hybridized carbons (Fsp3) is 0.294. The van der Waals surface area contributed by atoms with Gasteiger partial charge >= 0.3 is 5.69 Å². The van der Waals surface area contributed by atoms with E-state index in [2.05, 4.69) is 15.3 Å². The van der Waals surface area contributed by atoms with Crippen molar-refractivity contribution in [1.82, 2.24) is 19.9 Å². The maximum absolute atomic E-state index is 12.5. The zero-order chi connectivity index (χ0) is 18.7. The molecule has 1 atom stereocenters. The summed E-state index contributed by atoms with van der Waals surface area (Å²) in [5.41, 5.74) is 0.970. The molecule has 3 rings (SSSR count). The van der Waals surface area contributed by atoms with Crippen LogP contribution in [0.25, 0.3) is 0 Å². The number of aromatic nitrogens is 3. The van der Waals surface area contributed by atoms with E-state index in [1.54, 1.807) is 22.7 Å². The topological polar surface area (TPSA) is 96.8 Å². The van der Waals surface area contributed by atoms with Gasteiger partial charge < -0.3 is 5.32 Å². The van der Waals surface area contributed by atoms with E-state index in [1.165, 1.54) is 12.3 Å². The van der Waals surface area contributed by atoms with E-state index in [9.17, 15) is 14.4 Å². The van der Waals surface area contributed by atoms with Gasteiger partial charge in [-0.1, -0.05) is 0 Å². The third-order valence-electron chi connectivity index (χ3n) is 3.91. The largest absolute Gasteiger partial charge is 0.345 e. The molecule has 3 aromatic heterocycles. The Labute approximate surface area is 157 Å². The Hall–Kier alpha value is -2.52. The fourth-order valence-electron chi connectivity index (χ4n) is 2.45. The summed E-state index contributed by atoms with van der Waals surface area (Å²) in [5.74, 6) is -0.315. The van der Waals surface area contributed by atoms with Crippen molar-refractivity contribution in [2.75, 3.05) is 0 Å². The van der Waals surface area contributed by atoms with Crippen molar-refractivity contribution in [1.29, 1.82) is 0 Å². The van der Waals surface area contributed by atoms with Gasteiger partial charge in [0.25, 0.3) is 5.56 Å².